The first kappa shape index (κ1) is 11.8. The van der Waals surface area contributed by atoms with Gasteiger partial charge in [-0.05, 0) is 25.0 Å². The molecule has 1 aliphatic rings. The maximum Gasteiger partial charge on any atom is 0.225 e. The number of hydrogen-bond donors (Lipinski definition) is 1. The smallest absolute Gasteiger partial charge is 0.225 e. The minimum absolute atomic E-state index is 0.409. The van der Waals surface area contributed by atoms with Gasteiger partial charge in [-0.2, -0.15) is 0 Å². The van der Waals surface area contributed by atoms with Gasteiger partial charge in [-0.15, -0.1) is 0 Å². The van der Waals surface area contributed by atoms with Crippen molar-refractivity contribution >= 4 is 11.9 Å². The molecular formula is C13H15N6. The van der Waals surface area contributed by atoms with Crippen LogP contribution in [-0.4, -0.2) is 39.1 Å². The topological polar surface area (TPSA) is 66.8 Å². The van der Waals surface area contributed by atoms with Crippen LogP contribution in [0, 0.1) is 6.20 Å². The van der Waals surface area contributed by atoms with E-state index in [-0.39, 0.29) is 0 Å². The quantitative estimate of drug-likeness (QED) is 0.887. The van der Waals surface area contributed by atoms with Gasteiger partial charge in [-0.25, -0.2) is 19.9 Å². The average Bonchev–Trinajstić information content (AvgIpc) is 2.50. The summed E-state index contributed by atoms with van der Waals surface area (Å²) in [7, 11) is 0. The molecule has 0 bridgehead atoms. The van der Waals surface area contributed by atoms with Crippen LogP contribution in [0.3, 0.4) is 0 Å². The lowest BCUT2D eigenvalue weighted by Crippen LogP contribution is -2.40. The van der Waals surface area contributed by atoms with Crippen LogP contribution in [0.15, 0.2) is 30.7 Å². The maximum atomic E-state index is 4.25. The Morgan fingerprint density at radius 3 is 2.58 bits per heavy atom. The van der Waals surface area contributed by atoms with E-state index in [0.29, 0.717) is 12.0 Å². The second-order valence-corrected chi connectivity index (χ2v) is 4.46. The predicted molar refractivity (Wildman–Crippen MR) is 71.8 cm³/mol. The molecule has 1 N–H and O–H groups in total. The summed E-state index contributed by atoms with van der Waals surface area (Å²) in [5.74, 6) is 1.46. The third-order valence-electron chi connectivity index (χ3n) is 3.18. The molecule has 0 saturated carbocycles. The van der Waals surface area contributed by atoms with Crippen LogP contribution in [-0.2, 0) is 0 Å². The first-order chi connectivity index (χ1) is 9.42. The number of nitrogens with zero attached hydrogens (tertiary/aromatic N) is 5. The summed E-state index contributed by atoms with van der Waals surface area (Å²) in [4.78, 5) is 19.0. The molecule has 0 spiro atoms. The van der Waals surface area contributed by atoms with E-state index in [1.165, 1.54) is 0 Å². The maximum absolute atomic E-state index is 4.25. The zero-order chi connectivity index (χ0) is 12.9. The summed E-state index contributed by atoms with van der Waals surface area (Å²) in [6.07, 6.45) is 10.1. The van der Waals surface area contributed by atoms with Crippen LogP contribution in [0.2, 0.25) is 0 Å². The van der Waals surface area contributed by atoms with E-state index in [2.05, 4.69) is 36.3 Å². The van der Waals surface area contributed by atoms with Crippen LogP contribution in [0.25, 0.3) is 0 Å². The first-order valence-electron chi connectivity index (χ1n) is 6.39. The van der Waals surface area contributed by atoms with Crippen LogP contribution >= 0.6 is 0 Å². The SMILES string of the molecule is [c]1ccnc(N2CCC(Nc3ncccn3)CC2)n1. The normalized spacial score (nSPS) is 16.3. The van der Waals surface area contributed by atoms with Gasteiger partial charge in [0.25, 0.3) is 0 Å². The Morgan fingerprint density at radius 2 is 1.89 bits per heavy atom. The molecule has 2 aromatic heterocycles. The Morgan fingerprint density at radius 1 is 1.11 bits per heavy atom. The summed E-state index contributed by atoms with van der Waals surface area (Å²) < 4.78 is 0. The van der Waals surface area contributed by atoms with Crippen molar-refractivity contribution in [1.82, 2.24) is 19.9 Å². The molecule has 0 aromatic carbocycles. The Bertz CT molecular complexity index is 495. The number of piperidine rings is 1. The molecule has 1 radical (unpaired) electrons. The minimum atomic E-state index is 0.409. The Labute approximate surface area is 111 Å². The second-order valence-electron chi connectivity index (χ2n) is 4.46. The number of nitrogens with one attached hydrogen (secondary N) is 1. The van der Waals surface area contributed by atoms with Gasteiger partial charge in [0, 0.05) is 37.7 Å². The summed E-state index contributed by atoms with van der Waals surface area (Å²) >= 11 is 0. The predicted octanol–water partition coefficient (Wildman–Crippen LogP) is 1.15. The third-order valence-corrected chi connectivity index (χ3v) is 3.18. The van der Waals surface area contributed by atoms with Crippen molar-refractivity contribution in [3.63, 3.8) is 0 Å². The lowest BCUT2D eigenvalue weighted by molar-refractivity contribution is 0.517. The standard InChI is InChI=1S/C13H15N6/c1-5-14-12(15-6-1)18-11-3-9-19(10-4-11)13-16-7-2-8-17-13/h1-2,5-7,11H,3-4,9-10H2,(H,14,15,18). The van der Waals surface area contributed by atoms with Crippen molar-refractivity contribution in [3.05, 3.63) is 36.9 Å². The largest absolute Gasteiger partial charge is 0.351 e. The van der Waals surface area contributed by atoms with E-state index in [0.717, 1.165) is 31.9 Å². The fourth-order valence-corrected chi connectivity index (χ4v) is 2.19. The van der Waals surface area contributed by atoms with Crippen molar-refractivity contribution in [3.8, 4) is 0 Å². The van der Waals surface area contributed by atoms with Crippen molar-refractivity contribution in [2.75, 3.05) is 23.3 Å². The third kappa shape index (κ3) is 2.96. The molecule has 19 heavy (non-hydrogen) atoms. The van der Waals surface area contributed by atoms with Crippen LogP contribution in [0.4, 0.5) is 11.9 Å². The fraction of sp³-hybridized carbons (Fsp3) is 0.385. The van der Waals surface area contributed by atoms with E-state index in [4.69, 9.17) is 0 Å². The summed E-state index contributed by atoms with van der Waals surface area (Å²) in [6.45, 7) is 1.87. The van der Waals surface area contributed by atoms with E-state index in [1.807, 2.05) is 6.07 Å². The molecule has 0 amide bonds. The van der Waals surface area contributed by atoms with Gasteiger partial charge in [0.05, 0.1) is 6.20 Å². The van der Waals surface area contributed by atoms with E-state index < -0.39 is 0 Å². The molecule has 1 fully saturated rings. The van der Waals surface area contributed by atoms with Gasteiger partial charge >= 0.3 is 0 Å². The highest BCUT2D eigenvalue weighted by atomic mass is 15.3. The summed E-state index contributed by atoms with van der Waals surface area (Å²) in [6, 6.07) is 3.94. The lowest BCUT2D eigenvalue weighted by atomic mass is 10.1. The van der Waals surface area contributed by atoms with Crippen LogP contribution < -0.4 is 10.2 Å². The van der Waals surface area contributed by atoms with E-state index >= 15 is 0 Å². The van der Waals surface area contributed by atoms with E-state index in [9.17, 15) is 0 Å². The second kappa shape index (κ2) is 5.60. The molecule has 0 aliphatic carbocycles. The molecular weight excluding hydrogens is 240 g/mol. The monoisotopic (exact) mass is 255 g/mol. The molecule has 6 nitrogen and oxygen atoms in total. The van der Waals surface area contributed by atoms with Crippen LogP contribution in [0.1, 0.15) is 12.8 Å². The first-order valence-corrected chi connectivity index (χ1v) is 6.39. The average molecular weight is 255 g/mol. The fourth-order valence-electron chi connectivity index (χ4n) is 2.19. The Kier molecular flexibility index (Phi) is 3.49. The molecule has 97 valence electrons. The lowest BCUT2D eigenvalue weighted by Gasteiger charge is -2.32. The number of aromatic nitrogens is 4. The number of hydrogen-bond acceptors (Lipinski definition) is 6. The van der Waals surface area contributed by atoms with Crippen molar-refractivity contribution < 1.29 is 0 Å². The minimum Gasteiger partial charge on any atom is -0.351 e. The highest BCUT2D eigenvalue weighted by molar-refractivity contribution is 5.31. The van der Waals surface area contributed by atoms with Crippen molar-refractivity contribution in [1.29, 1.82) is 0 Å². The van der Waals surface area contributed by atoms with Gasteiger partial charge in [-0.3, -0.25) is 0 Å². The summed E-state index contributed by atoms with van der Waals surface area (Å²) in [5, 5.41) is 3.36. The molecule has 1 saturated heterocycles. The summed E-state index contributed by atoms with van der Waals surface area (Å²) in [5.41, 5.74) is 0. The van der Waals surface area contributed by atoms with Crippen molar-refractivity contribution in [2.45, 2.75) is 18.9 Å². The zero-order valence-corrected chi connectivity index (χ0v) is 10.5. The van der Waals surface area contributed by atoms with Gasteiger partial charge < -0.3 is 10.2 Å². The van der Waals surface area contributed by atoms with Crippen LogP contribution in [0.5, 0.6) is 0 Å². The molecule has 1 aliphatic heterocycles. The zero-order valence-electron chi connectivity index (χ0n) is 10.5. The van der Waals surface area contributed by atoms with Gasteiger partial charge in [0.2, 0.25) is 11.9 Å². The van der Waals surface area contributed by atoms with E-state index in [1.54, 1.807) is 24.7 Å². The highest BCUT2D eigenvalue weighted by Gasteiger charge is 2.21. The number of rotatable bonds is 3. The molecule has 0 unspecified atom stereocenters. The number of anilines is 2. The molecule has 0 atom stereocenters. The van der Waals surface area contributed by atoms with Gasteiger partial charge in [0.1, 0.15) is 0 Å². The van der Waals surface area contributed by atoms with Gasteiger partial charge in [-0.1, -0.05) is 0 Å². The highest BCUT2D eigenvalue weighted by Crippen LogP contribution is 2.17. The van der Waals surface area contributed by atoms with Gasteiger partial charge in [0.15, 0.2) is 0 Å². The molecule has 3 heterocycles. The Balaban J connectivity index is 1.55. The Hall–Kier alpha value is -2.24. The van der Waals surface area contributed by atoms with Crippen molar-refractivity contribution in [2.24, 2.45) is 0 Å². The molecule has 3 rings (SSSR count). The molecule has 6 heteroatoms. The molecule has 2 aromatic rings.